The lowest BCUT2D eigenvalue weighted by Gasteiger charge is -2.23. The van der Waals surface area contributed by atoms with Gasteiger partial charge in [-0.25, -0.2) is 4.79 Å². The van der Waals surface area contributed by atoms with Crippen molar-refractivity contribution in [2.45, 2.75) is 58.9 Å². The largest absolute Gasteiger partial charge is 0.371 e. The van der Waals surface area contributed by atoms with E-state index in [1.165, 1.54) is 12.8 Å². The van der Waals surface area contributed by atoms with Crippen LogP contribution in [0.5, 0.6) is 0 Å². The maximum Gasteiger partial charge on any atom is 0.350 e. The van der Waals surface area contributed by atoms with Crippen molar-refractivity contribution < 1.29 is 0 Å². The summed E-state index contributed by atoms with van der Waals surface area (Å²) in [5.74, 6) is 6.45. The lowest BCUT2D eigenvalue weighted by molar-refractivity contribution is 0.569. The topological polar surface area (TPSA) is 109 Å². The van der Waals surface area contributed by atoms with Crippen molar-refractivity contribution in [1.82, 2.24) is 14.6 Å². The number of nitrogens with one attached hydrogen (secondary N) is 1. The first kappa shape index (κ1) is 24.5. The molecule has 2 heterocycles. The standard InChI is InChI=1S/C18H24N4O2.C3H5N.C2H7N/c1-3-12-8-9-20(10-12)15-7-6-14-16(11(15)2)21(13-4-5-13)18(24)22(19)17(14)23;1-2-3-4;1-3-2/h6-7,12-13H,3-5,8-10,19H2,1-2H3;2H2,1H3;3H,1-2H3. The number of benzene rings is 1. The molecule has 0 bridgehead atoms. The average molecular weight is 429 g/mol. The Kier molecular flexibility index (Phi) is 8.69. The number of nitrogens with two attached hydrogens (primary N) is 1. The van der Waals surface area contributed by atoms with Crippen LogP contribution in [0.1, 0.15) is 57.6 Å². The van der Waals surface area contributed by atoms with Crippen LogP contribution in [0.4, 0.5) is 5.69 Å². The van der Waals surface area contributed by atoms with E-state index in [0.717, 1.165) is 53.3 Å². The molecule has 0 radical (unpaired) electrons. The van der Waals surface area contributed by atoms with Crippen molar-refractivity contribution in [3.63, 3.8) is 0 Å². The monoisotopic (exact) mass is 428 g/mol. The molecule has 1 aromatic heterocycles. The number of nitrogens with zero attached hydrogens (tertiary/aromatic N) is 4. The van der Waals surface area contributed by atoms with E-state index in [2.05, 4.69) is 17.1 Å². The minimum absolute atomic E-state index is 0.173. The molecule has 1 aliphatic heterocycles. The van der Waals surface area contributed by atoms with Crippen LogP contribution in [-0.2, 0) is 0 Å². The molecule has 1 saturated carbocycles. The summed E-state index contributed by atoms with van der Waals surface area (Å²) in [5, 5.41) is 10.9. The Balaban J connectivity index is 0.000000431. The van der Waals surface area contributed by atoms with Crippen LogP contribution in [0.3, 0.4) is 0 Å². The lowest BCUT2D eigenvalue weighted by Crippen LogP contribution is -2.44. The third kappa shape index (κ3) is 5.28. The zero-order chi connectivity index (χ0) is 23.1. The first-order valence-electron chi connectivity index (χ1n) is 11.1. The number of hydrogen-bond donors (Lipinski definition) is 2. The van der Waals surface area contributed by atoms with Crippen LogP contribution in [-0.4, -0.2) is 36.4 Å². The molecule has 0 amide bonds. The number of nitrogen functional groups attached to an aromatic ring is 1. The molecule has 1 atom stereocenters. The number of nitriles is 1. The number of aromatic nitrogens is 2. The molecular formula is C23H36N6O2. The van der Waals surface area contributed by atoms with Gasteiger partial charge in [0.2, 0.25) is 0 Å². The van der Waals surface area contributed by atoms with E-state index in [9.17, 15) is 9.59 Å². The summed E-state index contributed by atoms with van der Waals surface area (Å²) in [7, 11) is 3.75. The molecule has 31 heavy (non-hydrogen) atoms. The third-order valence-electron chi connectivity index (χ3n) is 5.78. The molecule has 8 heteroatoms. The molecule has 0 spiro atoms. The van der Waals surface area contributed by atoms with Crippen molar-refractivity contribution in [1.29, 1.82) is 5.26 Å². The summed E-state index contributed by atoms with van der Waals surface area (Å²) < 4.78 is 2.49. The zero-order valence-corrected chi connectivity index (χ0v) is 19.4. The van der Waals surface area contributed by atoms with Gasteiger partial charge in [0.15, 0.2) is 0 Å². The normalized spacial score (nSPS) is 17.4. The Bertz CT molecular complexity index is 1050. The highest BCUT2D eigenvalue weighted by Gasteiger charge is 2.30. The van der Waals surface area contributed by atoms with Gasteiger partial charge in [0, 0.05) is 31.2 Å². The molecule has 2 fully saturated rings. The number of rotatable bonds is 3. The Morgan fingerprint density at radius 2 is 1.81 bits per heavy atom. The van der Waals surface area contributed by atoms with E-state index < -0.39 is 11.2 Å². The van der Waals surface area contributed by atoms with Gasteiger partial charge in [0.1, 0.15) is 0 Å². The minimum Gasteiger partial charge on any atom is -0.371 e. The van der Waals surface area contributed by atoms with Gasteiger partial charge in [-0.2, -0.15) is 9.94 Å². The number of aryl methyl sites for hydroxylation is 1. The number of hydrogen-bond acceptors (Lipinski definition) is 6. The van der Waals surface area contributed by atoms with Gasteiger partial charge in [-0.1, -0.05) is 20.3 Å². The van der Waals surface area contributed by atoms with Gasteiger partial charge < -0.3 is 16.1 Å². The average Bonchev–Trinajstić information content (AvgIpc) is 3.49. The highest BCUT2D eigenvalue weighted by Crippen LogP contribution is 2.38. The third-order valence-corrected chi connectivity index (χ3v) is 5.78. The quantitative estimate of drug-likeness (QED) is 0.727. The fourth-order valence-electron chi connectivity index (χ4n) is 4.00. The smallest absolute Gasteiger partial charge is 0.350 e. The van der Waals surface area contributed by atoms with E-state index in [-0.39, 0.29) is 6.04 Å². The second-order valence-electron chi connectivity index (χ2n) is 8.19. The highest BCUT2D eigenvalue weighted by atomic mass is 16.2. The van der Waals surface area contributed by atoms with Gasteiger partial charge in [-0.05, 0) is 63.9 Å². The van der Waals surface area contributed by atoms with Crippen LogP contribution in [0.15, 0.2) is 21.7 Å². The fourth-order valence-corrected chi connectivity index (χ4v) is 4.00. The summed E-state index contributed by atoms with van der Waals surface area (Å²) in [6.07, 6.45) is 4.96. The fraction of sp³-hybridized carbons (Fsp3) is 0.609. The van der Waals surface area contributed by atoms with Crippen LogP contribution in [0.25, 0.3) is 10.9 Å². The summed E-state index contributed by atoms with van der Waals surface area (Å²) >= 11 is 0. The van der Waals surface area contributed by atoms with E-state index in [4.69, 9.17) is 11.1 Å². The molecule has 2 aliphatic rings. The van der Waals surface area contributed by atoms with Gasteiger partial charge >= 0.3 is 5.69 Å². The van der Waals surface area contributed by atoms with Crippen molar-refractivity contribution in [3.8, 4) is 6.07 Å². The van der Waals surface area contributed by atoms with Crippen molar-refractivity contribution >= 4 is 16.6 Å². The van der Waals surface area contributed by atoms with Gasteiger partial charge in [-0.3, -0.25) is 9.36 Å². The second-order valence-corrected chi connectivity index (χ2v) is 8.19. The van der Waals surface area contributed by atoms with Crippen LogP contribution in [0, 0.1) is 24.2 Å². The molecule has 4 rings (SSSR count). The lowest BCUT2D eigenvalue weighted by atomic mass is 10.1. The molecule has 2 aromatic rings. The highest BCUT2D eigenvalue weighted by molar-refractivity contribution is 5.87. The van der Waals surface area contributed by atoms with E-state index in [1.54, 1.807) is 4.57 Å². The first-order valence-corrected chi connectivity index (χ1v) is 11.1. The van der Waals surface area contributed by atoms with Crippen LogP contribution >= 0.6 is 0 Å². The molecule has 170 valence electrons. The first-order chi connectivity index (χ1) is 14.9. The van der Waals surface area contributed by atoms with Crippen molar-refractivity contribution in [2.75, 3.05) is 37.9 Å². The molecule has 3 N–H and O–H groups in total. The molecule has 1 unspecified atom stereocenters. The minimum atomic E-state index is -0.408. The van der Waals surface area contributed by atoms with Crippen LogP contribution < -0.4 is 27.3 Å². The van der Waals surface area contributed by atoms with E-state index in [0.29, 0.717) is 11.8 Å². The van der Waals surface area contributed by atoms with E-state index in [1.807, 2.05) is 46.1 Å². The predicted molar refractivity (Wildman–Crippen MR) is 127 cm³/mol. The van der Waals surface area contributed by atoms with Crippen molar-refractivity contribution in [3.05, 3.63) is 38.5 Å². The van der Waals surface area contributed by atoms with Crippen LogP contribution in [0.2, 0.25) is 0 Å². The predicted octanol–water partition coefficient (Wildman–Crippen LogP) is 2.51. The van der Waals surface area contributed by atoms with Gasteiger partial charge in [0.25, 0.3) is 5.56 Å². The molecule has 1 saturated heterocycles. The molecular weight excluding hydrogens is 392 g/mol. The molecule has 1 aliphatic carbocycles. The summed E-state index contributed by atoms with van der Waals surface area (Å²) in [4.78, 5) is 27.4. The number of fused-ring (bicyclic) bond motifs is 1. The Labute approximate surface area is 184 Å². The van der Waals surface area contributed by atoms with Gasteiger partial charge in [-0.15, -0.1) is 0 Å². The number of anilines is 1. The van der Waals surface area contributed by atoms with E-state index >= 15 is 0 Å². The van der Waals surface area contributed by atoms with Crippen molar-refractivity contribution in [2.24, 2.45) is 5.92 Å². The second kappa shape index (κ2) is 11.0. The maximum atomic E-state index is 12.6. The Morgan fingerprint density at radius 3 is 2.29 bits per heavy atom. The maximum absolute atomic E-state index is 12.6. The summed E-state index contributed by atoms with van der Waals surface area (Å²) in [6, 6.07) is 5.95. The Hall–Kier alpha value is -2.79. The Morgan fingerprint density at radius 1 is 1.19 bits per heavy atom. The summed E-state index contributed by atoms with van der Waals surface area (Å²) in [5.41, 5.74) is 2.12. The molecule has 1 aromatic carbocycles. The SMILES string of the molecule is CCC#N.CCC1CCN(c2ccc3c(=O)n(N)c(=O)n(C4CC4)c3c2C)C1.CNC. The van der Waals surface area contributed by atoms with Gasteiger partial charge in [0.05, 0.1) is 17.0 Å². The zero-order valence-electron chi connectivity index (χ0n) is 19.4. The molecule has 8 nitrogen and oxygen atoms in total. The summed E-state index contributed by atoms with van der Waals surface area (Å²) in [6.45, 7) is 8.16.